The predicted molar refractivity (Wildman–Crippen MR) is 41.3 cm³/mol. The van der Waals surface area contributed by atoms with E-state index in [0.717, 1.165) is 25.9 Å². The molecule has 1 heterocycles. The van der Waals surface area contributed by atoms with Crippen LogP contribution in [-0.4, -0.2) is 37.1 Å². The van der Waals surface area contributed by atoms with Crippen LogP contribution in [-0.2, 0) is 9.59 Å². The SMILES string of the molecule is CN1CCCC(C(=O)C=O)C1. The van der Waals surface area contributed by atoms with Crippen molar-refractivity contribution < 1.29 is 9.59 Å². The molecule has 11 heavy (non-hydrogen) atoms. The summed E-state index contributed by atoms with van der Waals surface area (Å²) >= 11 is 0. The molecule has 0 radical (unpaired) electrons. The van der Waals surface area contributed by atoms with Gasteiger partial charge in [-0.3, -0.25) is 9.59 Å². The Labute approximate surface area is 66.4 Å². The molecule has 1 saturated heterocycles. The first-order chi connectivity index (χ1) is 5.24. The van der Waals surface area contributed by atoms with E-state index in [1.165, 1.54) is 0 Å². The van der Waals surface area contributed by atoms with E-state index in [-0.39, 0.29) is 11.7 Å². The number of rotatable bonds is 2. The fraction of sp³-hybridized carbons (Fsp3) is 0.750. The molecular weight excluding hydrogens is 142 g/mol. The molecule has 1 aliphatic rings. The van der Waals surface area contributed by atoms with Crippen LogP contribution in [0.15, 0.2) is 0 Å². The van der Waals surface area contributed by atoms with Crippen molar-refractivity contribution >= 4 is 12.1 Å². The summed E-state index contributed by atoms with van der Waals surface area (Å²) in [6, 6.07) is 0. The second kappa shape index (κ2) is 3.62. The Balaban J connectivity index is 2.45. The van der Waals surface area contributed by atoms with Gasteiger partial charge in [0.2, 0.25) is 0 Å². The molecule has 1 aliphatic heterocycles. The maximum atomic E-state index is 10.9. The predicted octanol–water partition coefficient (Wildman–Crippen LogP) is 0.0962. The van der Waals surface area contributed by atoms with Crippen LogP contribution in [0.5, 0.6) is 0 Å². The maximum absolute atomic E-state index is 10.9. The number of aldehydes is 1. The lowest BCUT2D eigenvalue weighted by Crippen LogP contribution is -2.36. The molecule has 3 heteroatoms. The normalized spacial score (nSPS) is 26.5. The van der Waals surface area contributed by atoms with E-state index in [0.29, 0.717) is 6.29 Å². The van der Waals surface area contributed by atoms with Gasteiger partial charge in [-0.25, -0.2) is 0 Å². The summed E-state index contributed by atoms with van der Waals surface area (Å²) in [5.74, 6) is -0.275. The lowest BCUT2D eigenvalue weighted by molar-refractivity contribution is -0.133. The van der Waals surface area contributed by atoms with Gasteiger partial charge < -0.3 is 4.90 Å². The zero-order valence-electron chi connectivity index (χ0n) is 6.75. The Morgan fingerprint density at radius 1 is 1.64 bits per heavy atom. The molecule has 0 spiro atoms. The fourth-order valence-electron chi connectivity index (χ4n) is 1.49. The zero-order valence-corrected chi connectivity index (χ0v) is 6.75. The van der Waals surface area contributed by atoms with Crippen LogP contribution in [0.3, 0.4) is 0 Å². The Hall–Kier alpha value is -0.700. The van der Waals surface area contributed by atoms with E-state index < -0.39 is 0 Å². The van der Waals surface area contributed by atoms with E-state index in [1.54, 1.807) is 0 Å². The van der Waals surface area contributed by atoms with Gasteiger partial charge in [-0.2, -0.15) is 0 Å². The minimum Gasteiger partial charge on any atom is -0.306 e. The lowest BCUT2D eigenvalue weighted by Gasteiger charge is -2.27. The number of piperidine rings is 1. The van der Waals surface area contributed by atoms with Crippen LogP contribution in [0.1, 0.15) is 12.8 Å². The zero-order chi connectivity index (χ0) is 8.27. The molecular formula is C8H13NO2. The quantitative estimate of drug-likeness (QED) is 0.419. The van der Waals surface area contributed by atoms with Crippen LogP contribution >= 0.6 is 0 Å². The highest BCUT2D eigenvalue weighted by atomic mass is 16.2. The molecule has 0 bridgehead atoms. The van der Waals surface area contributed by atoms with Gasteiger partial charge in [-0.1, -0.05) is 0 Å². The third kappa shape index (κ3) is 2.12. The lowest BCUT2D eigenvalue weighted by atomic mass is 9.95. The number of nitrogens with zero attached hydrogens (tertiary/aromatic N) is 1. The van der Waals surface area contributed by atoms with Crippen molar-refractivity contribution in [3.8, 4) is 0 Å². The maximum Gasteiger partial charge on any atom is 0.199 e. The van der Waals surface area contributed by atoms with E-state index >= 15 is 0 Å². The molecule has 1 fully saturated rings. The first-order valence-electron chi connectivity index (χ1n) is 3.91. The van der Waals surface area contributed by atoms with Crippen LogP contribution < -0.4 is 0 Å². The third-order valence-electron chi connectivity index (χ3n) is 2.14. The average Bonchev–Trinajstić information content (AvgIpc) is 2.03. The Morgan fingerprint density at radius 3 is 2.91 bits per heavy atom. The fourth-order valence-corrected chi connectivity index (χ4v) is 1.49. The summed E-state index contributed by atoms with van der Waals surface area (Å²) < 4.78 is 0. The van der Waals surface area contributed by atoms with Gasteiger partial charge in [-0.05, 0) is 26.4 Å². The van der Waals surface area contributed by atoms with Gasteiger partial charge in [-0.15, -0.1) is 0 Å². The van der Waals surface area contributed by atoms with Crippen molar-refractivity contribution in [3.63, 3.8) is 0 Å². The first-order valence-corrected chi connectivity index (χ1v) is 3.91. The molecule has 1 unspecified atom stereocenters. The highest BCUT2D eigenvalue weighted by molar-refractivity contribution is 6.26. The summed E-state index contributed by atoms with van der Waals surface area (Å²) in [5.41, 5.74) is 0. The van der Waals surface area contributed by atoms with E-state index in [4.69, 9.17) is 0 Å². The Bertz CT molecular complexity index is 167. The molecule has 0 saturated carbocycles. The number of hydrogen-bond acceptors (Lipinski definition) is 3. The summed E-state index contributed by atoms with van der Waals surface area (Å²) in [4.78, 5) is 23.2. The standard InChI is InChI=1S/C8H13NO2/c1-9-4-2-3-7(5-9)8(11)6-10/h6-7H,2-5H2,1H3. The van der Waals surface area contributed by atoms with Crippen molar-refractivity contribution in [2.45, 2.75) is 12.8 Å². The molecule has 0 aliphatic carbocycles. The van der Waals surface area contributed by atoms with Crippen LogP contribution in [0.2, 0.25) is 0 Å². The molecule has 0 amide bonds. The highest BCUT2D eigenvalue weighted by Crippen LogP contribution is 2.14. The van der Waals surface area contributed by atoms with Crippen LogP contribution in [0.25, 0.3) is 0 Å². The molecule has 1 rings (SSSR count). The van der Waals surface area contributed by atoms with Crippen molar-refractivity contribution in [2.75, 3.05) is 20.1 Å². The Kier molecular flexibility index (Phi) is 2.76. The minimum atomic E-state index is -0.239. The first kappa shape index (κ1) is 8.40. The van der Waals surface area contributed by atoms with Crippen molar-refractivity contribution in [1.82, 2.24) is 4.90 Å². The van der Waals surface area contributed by atoms with Crippen molar-refractivity contribution in [2.24, 2.45) is 5.92 Å². The van der Waals surface area contributed by atoms with Crippen LogP contribution in [0, 0.1) is 5.92 Å². The van der Waals surface area contributed by atoms with E-state index in [2.05, 4.69) is 4.90 Å². The van der Waals surface area contributed by atoms with Gasteiger partial charge in [0.15, 0.2) is 12.1 Å². The third-order valence-corrected chi connectivity index (χ3v) is 2.14. The van der Waals surface area contributed by atoms with Crippen LogP contribution in [0.4, 0.5) is 0 Å². The highest BCUT2D eigenvalue weighted by Gasteiger charge is 2.22. The minimum absolute atomic E-state index is 0.0359. The number of carbonyl (C=O) groups is 2. The second-order valence-electron chi connectivity index (χ2n) is 3.12. The van der Waals surface area contributed by atoms with Gasteiger partial charge in [0.1, 0.15) is 0 Å². The van der Waals surface area contributed by atoms with E-state index in [9.17, 15) is 9.59 Å². The van der Waals surface area contributed by atoms with E-state index in [1.807, 2.05) is 7.05 Å². The number of carbonyl (C=O) groups excluding carboxylic acids is 2. The van der Waals surface area contributed by atoms with Gasteiger partial charge >= 0.3 is 0 Å². The average molecular weight is 155 g/mol. The largest absolute Gasteiger partial charge is 0.306 e. The summed E-state index contributed by atoms with van der Waals surface area (Å²) in [5, 5.41) is 0. The van der Waals surface area contributed by atoms with Gasteiger partial charge in [0, 0.05) is 12.5 Å². The Morgan fingerprint density at radius 2 is 2.36 bits per heavy atom. The van der Waals surface area contributed by atoms with Gasteiger partial charge in [0.25, 0.3) is 0 Å². The number of ketones is 1. The molecule has 1 atom stereocenters. The van der Waals surface area contributed by atoms with Crippen molar-refractivity contribution in [1.29, 1.82) is 0 Å². The second-order valence-corrected chi connectivity index (χ2v) is 3.12. The number of hydrogen-bond donors (Lipinski definition) is 0. The summed E-state index contributed by atoms with van der Waals surface area (Å²) in [7, 11) is 1.98. The molecule has 0 aromatic heterocycles. The molecule has 0 aromatic carbocycles. The molecule has 0 N–H and O–H groups in total. The number of Topliss-reactive ketones (excluding diaryl/α,β-unsaturated/α-hetero) is 1. The van der Waals surface area contributed by atoms with Gasteiger partial charge in [0.05, 0.1) is 0 Å². The number of likely N-dealkylation sites (tertiary alicyclic amines) is 1. The molecule has 62 valence electrons. The summed E-state index contributed by atoms with van der Waals surface area (Å²) in [6.45, 7) is 1.79. The smallest absolute Gasteiger partial charge is 0.199 e. The topological polar surface area (TPSA) is 37.4 Å². The molecule has 0 aromatic rings. The summed E-state index contributed by atoms with van der Waals surface area (Å²) in [6.07, 6.45) is 2.35. The monoisotopic (exact) mass is 155 g/mol. The van der Waals surface area contributed by atoms with Crippen molar-refractivity contribution in [3.05, 3.63) is 0 Å². The molecule has 3 nitrogen and oxygen atoms in total.